The van der Waals surface area contributed by atoms with Gasteiger partial charge in [-0.25, -0.2) is 0 Å². The zero-order valence-electron chi connectivity index (χ0n) is 12.0. The number of ketones is 1. The Kier molecular flexibility index (Phi) is 4.41. The Hall–Kier alpha value is -2.29. The number of carbonyl (C=O) groups is 1. The normalized spacial score (nSPS) is 10.4. The Morgan fingerprint density at radius 1 is 1.05 bits per heavy atom. The molecule has 0 saturated heterocycles. The van der Waals surface area contributed by atoms with Crippen molar-refractivity contribution in [1.82, 2.24) is 0 Å². The van der Waals surface area contributed by atoms with E-state index in [0.717, 1.165) is 11.4 Å². The first kappa shape index (κ1) is 14.1. The second kappa shape index (κ2) is 6.24. The van der Waals surface area contributed by atoms with E-state index in [2.05, 4.69) is 5.32 Å². The number of carbonyl (C=O) groups excluding carboxylic acids is 1. The number of ether oxygens (including phenoxy) is 1. The largest absolute Gasteiger partial charge is 0.491 e. The van der Waals surface area contributed by atoms with Crippen molar-refractivity contribution >= 4 is 11.5 Å². The molecular weight excluding hydrogens is 250 g/mol. The molecule has 0 heterocycles. The molecule has 0 fully saturated rings. The molecule has 2 aromatic rings. The molecule has 3 heteroatoms. The number of benzene rings is 2. The van der Waals surface area contributed by atoms with Gasteiger partial charge in [-0.05, 0) is 50.2 Å². The molecule has 1 N–H and O–H groups in total. The van der Waals surface area contributed by atoms with E-state index in [1.54, 1.807) is 12.1 Å². The lowest BCUT2D eigenvalue weighted by Gasteiger charge is -2.10. The van der Waals surface area contributed by atoms with Crippen LogP contribution in [0.3, 0.4) is 0 Å². The molecule has 2 rings (SSSR count). The van der Waals surface area contributed by atoms with Crippen LogP contribution in [-0.2, 0) is 0 Å². The summed E-state index contributed by atoms with van der Waals surface area (Å²) in [6.45, 7) is 3.95. The topological polar surface area (TPSA) is 38.3 Å². The van der Waals surface area contributed by atoms with Crippen LogP contribution in [0.15, 0.2) is 48.5 Å². The molecule has 0 saturated carbocycles. The first-order valence-electron chi connectivity index (χ1n) is 6.69. The highest BCUT2D eigenvalue weighted by atomic mass is 16.5. The van der Waals surface area contributed by atoms with E-state index in [0.29, 0.717) is 11.1 Å². The van der Waals surface area contributed by atoms with Gasteiger partial charge >= 0.3 is 0 Å². The second-order valence-corrected chi connectivity index (χ2v) is 4.85. The molecule has 20 heavy (non-hydrogen) atoms. The average molecular weight is 269 g/mol. The van der Waals surface area contributed by atoms with Crippen LogP contribution in [0.1, 0.15) is 29.8 Å². The summed E-state index contributed by atoms with van der Waals surface area (Å²) < 4.78 is 5.57. The van der Waals surface area contributed by atoms with Crippen LogP contribution in [0.25, 0.3) is 0 Å². The van der Waals surface area contributed by atoms with Crippen molar-refractivity contribution in [1.29, 1.82) is 0 Å². The summed E-state index contributed by atoms with van der Waals surface area (Å²) in [5, 5.41) is 3.03. The lowest BCUT2D eigenvalue weighted by Crippen LogP contribution is -2.06. The van der Waals surface area contributed by atoms with Crippen molar-refractivity contribution in [2.24, 2.45) is 0 Å². The second-order valence-electron chi connectivity index (χ2n) is 4.85. The quantitative estimate of drug-likeness (QED) is 0.840. The minimum absolute atomic E-state index is 0.0122. The van der Waals surface area contributed by atoms with Crippen molar-refractivity contribution < 1.29 is 9.53 Å². The molecule has 0 aromatic heterocycles. The van der Waals surface area contributed by atoms with Gasteiger partial charge in [0.1, 0.15) is 5.75 Å². The molecule has 0 aliphatic carbocycles. The van der Waals surface area contributed by atoms with Crippen LogP contribution < -0.4 is 10.1 Å². The lowest BCUT2D eigenvalue weighted by molar-refractivity contribution is 0.103. The smallest absolute Gasteiger partial charge is 0.193 e. The molecule has 3 nitrogen and oxygen atoms in total. The molecule has 0 atom stereocenters. The fourth-order valence-electron chi connectivity index (χ4n) is 1.94. The monoisotopic (exact) mass is 269 g/mol. The summed E-state index contributed by atoms with van der Waals surface area (Å²) in [4.78, 5) is 12.4. The van der Waals surface area contributed by atoms with Crippen LogP contribution in [-0.4, -0.2) is 18.9 Å². The SMILES string of the molecule is CNc1cccc(C(=O)c2ccc(OC(C)C)cc2)c1. The third-order valence-corrected chi connectivity index (χ3v) is 2.90. The fourth-order valence-corrected chi connectivity index (χ4v) is 1.94. The Morgan fingerprint density at radius 2 is 1.75 bits per heavy atom. The number of nitrogens with one attached hydrogen (secondary N) is 1. The van der Waals surface area contributed by atoms with Crippen LogP contribution in [0.2, 0.25) is 0 Å². The number of hydrogen-bond donors (Lipinski definition) is 1. The van der Waals surface area contributed by atoms with Gasteiger partial charge in [0, 0.05) is 23.9 Å². The maximum Gasteiger partial charge on any atom is 0.193 e. The van der Waals surface area contributed by atoms with E-state index in [1.165, 1.54) is 0 Å². The summed E-state index contributed by atoms with van der Waals surface area (Å²) in [7, 11) is 1.83. The van der Waals surface area contributed by atoms with Gasteiger partial charge in [0.15, 0.2) is 5.78 Å². The summed E-state index contributed by atoms with van der Waals surface area (Å²) in [6, 6.07) is 14.7. The third-order valence-electron chi connectivity index (χ3n) is 2.90. The Labute approximate surface area is 119 Å². The van der Waals surface area contributed by atoms with E-state index >= 15 is 0 Å². The fraction of sp³-hybridized carbons (Fsp3) is 0.235. The molecule has 0 amide bonds. The highest BCUT2D eigenvalue weighted by Crippen LogP contribution is 2.18. The molecule has 0 unspecified atom stereocenters. The number of anilines is 1. The number of hydrogen-bond acceptors (Lipinski definition) is 3. The van der Waals surface area contributed by atoms with Crippen LogP contribution in [0.4, 0.5) is 5.69 Å². The molecule has 2 aromatic carbocycles. The molecule has 0 aliphatic heterocycles. The minimum atomic E-state index is 0.0122. The van der Waals surface area contributed by atoms with Gasteiger partial charge in [-0.2, -0.15) is 0 Å². The van der Waals surface area contributed by atoms with Gasteiger partial charge in [0.25, 0.3) is 0 Å². The molecule has 0 aliphatic rings. The van der Waals surface area contributed by atoms with E-state index < -0.39 is 0 Å². The Morgan fingerprint density at radius 3 is 2.35 bits per heavy atom. The van der Waals surface area contributed by atoms with Gasteiger partial charge in [0.2, 0.25) is 0 Å². The molecule has 0 bridgehead atoms. The predicted molar refractivity (Wildman–Crippen MR) is 81.6 cm³/mol. The van der Waals surface area contributed by atoms with E-state index in [1.807, 2.05) is 57.3 Å². The standard InChI is InChI=1S/C17H19NO2/c1-12(2)20-16-9-7-13(8-10-16)17(19)14-5-4-6-15(11-14)18-3/h4-12,18H,1-3H3. The maximum atomic E-state index is 12.4. The maximum absolute atomic E-state index is 12.4. The van der Waals surface area contributed by atoms with Crippen LogP contribution >= 0.6 is 0 Å². The average Bonchev–Trinajstić information content (AvgIpc) is 2.47. The zero-order valence-corrected chi connectivity index (χ0v) is 12.0. The van der Waals surface area contributed by atoms with Gasteiger partial charge in [-0.1, -0.05) is 12.1 Å². The molecule has 104 valence electrons. The van der Waals surface area contributed by atoms with Crippen molar-refractivity contribution in [2.45, 2.75) is 20.0 Å². The van der Waals surface area contributed by atoms with Crippen molar-refractivity contribution in [3.05, 3.63) is 59.7 Å². The van der Waals surface area contributed by atoms with Crippen molar-refractivity contribution in [3.8, 4) is 5.75 Å². The summed E-state index contributed by atoms with van der Waals surface area (Å²) >= 11 is 0. The molecular formula is C17H19NO2. The zero-order chi connectivity index (χ0) is 14.5. The van der Waals surface area contributed by atoms with Gasteiger partial charge < -0.3 is 10.1 Å². The first-order chi connectivity index (χ1) is 9.60. The van der Waals surface area contributed by atoms with E-state index in [4.69, 9.17) is 4.74 Å². The highest BCUT2D eigenvalue weighted by Gasteiger charge is 2.09. The van der Waals surface area contributed by atoms with E-state index in [-0.39, 0.29) is 11.9 Å². The first-order valence-corrected chi connectivity index (χ1v) is 6.69. The highest BCUT2D eigenvalue weighted by molar-refractivity contribution is 6.09. The van der Waals surface area contributed by atoms with Crippen LogP contribution in [0.5, 0.6) is 5.75 Å². The van der Waals surface area contributed by atoms with Crippen LogP contribution in [0, 0.1) is 0 Å². The Balaban J connectivity index is 2.20. The predicted octanol–water partition coefficient (Wildman–Crippen LogP) is 3.75. The van der Waals surface area contributed by atoms with E-state index in [9.17, 15) is 4.79 Å². The van der Waals surface area contributed by atoms with Gasteiger partial charge in [0.05, 0.1) is 6.10 Å². The van der Waals surface area contributed by atoms with Gasteiger partial charge in [-0.15, -0.1) is 0 Å². The summed E-state index contributed by atoms with van der Waals surface area (Å²) in [5.74, 6) is 0.790. The Bertz CT molecular complexity index is 588. The lowest BCUT2D eigenvalue weighted by atomic mass is 10.0. The summed E-state index contributed by atoms with van der Waals surface area (Å²) in [6.07, 6.45) is 0.129. The van der Waals surface area contributed by atoms with Gasteiger partial charge in [-0.3, -0.25) is 4.79 Å². The third kappa shape index (κ3) is 3.38. The van der Waals surface area contributed by atoms with Crippen molar-refractivity contribution in [3.63, 3.8) is 0 Å². The number of rotatable bonds is 5. The minimum Gasteiger partial charge on any atom is -0.491 e. The molecule has 0 radical (unpaired) electrons. The van der Waals surface area contributed by atoms with Crippen molar-refractivity contribution in [2.75, 3.05) is 12.4 Å². The molecule has 0 spiro atoms. The summed E-state index contributed by atoms with van der Waals surface area (Å²) in [5.41, 5.74) is 2.26.